The average molecular weight is 403 g/mol. The number of aliphatic imine (C=N–C) groups is 1. The van der Waals surface area contributed by atoms with E-state index < -0.39 is 0 Å². The van der Waals surface area contributed by atoms with Crippen LogP contribution >= 0.6 is 24.0 Å². The van der Waals surface area contributed by atoms with E-state index in [1.807, 2.05) is 13.1 Å². The molecule has 0 atom stereocenters. The van der Waals surface area contributed by atoms with Crippen molar-refractivity contribution in [3.05, 3.63) is 18.0 Å². The Hall–Kier alpha value is -0.790. The second-order valence-electron chi connectivity index (χ2n) is 6.21. The van der Waals surface area contributed by atoms with Gasteiger partial charge in [-0.1, -0.05) is 19.3 Å². The van der Waals surface area contributed by atoms with E-state index >= 15 is 0 Å². The summed E-state index contributed by atoms with van der Waals surface area (Å²) in [6, 6.07) is 1.99. The van der Waals surface area contributed by atoms with Crippen molar-refractivity contribution < 1.29 is 0 Å². The molecule has 0 aromatic carbocycles. The van der Waals surface area contributed by atoms with Crippen molar-refractivity contribution >= 4 is 29.9 Å². The number of H-pyrrole nitrogens is 1. The molecule has 2 heterocycles. The van der Waals surface area contributed by atoms with Gasteiger partial charge in [-0.25, -0.2) is 0 Å². The Balaban J connectivity index is 0.00000161. The van der Waals surface area contributed by atoms with Crippen LogP contribution in [0.1, 0.15) is 44.2 Å². The van der Waals surface area contributed by atoms with Crippen LogP contribution in [0.25, 0.3) is 0 Å². The van der Waals surface area contributed by atoms with Crippen LogP contribution in [0.3, 0.4) is 0 Å². The summed E-state index contributed by atoms with van der Waals surface area (Å²) in [6.07, 6.45) is 10.2. The Morgan fingerprint density at radius 1 is 1.38 bits per heavy atom. The van der Waals surface area contributed by atoms with Crippen LogP contribution in [0.4, 0.5) is 0 Å². The predicted molar refractivity (Wildman–Crippen MR) is 95.9 cm³/mol. The quantitative estimate of drug-likeness (QED) is 0.454. The fraction of sp³-hybridized carbons (Fsp3) is 0.733. The lowest BCUT2D eigenvalue weighted by Crippen LogP contribution is -2.41. The normalized spacial score (nSPS) is 21.4. The molecule has 1 aliphatic carbocycles. The molecule has 1 saturated carbocycles. The number of hydrogen-bond acceptors (Lipinski definition) is 2. The highest BCUT2D eigenvalue weighted by Crippen LogP contribution is 2.43. The fourth-order valence-electron chi connectivity index (χ4n) is 3.72. The Morgan fingerprint density at radius 3 is 2.86 bits per heavy atom. The molecule has 2 fully saturated rings. The molecule has 2 aliphatic rings. The number of hydrogen-bond donors (Lipinski definition) is 2. The average Bonchev–Trinajstić information content (AvgIpc) is 3.12. The predicted octanol–water partition coefficient (Wildman–Crippen LogP) is 2.76. The Kier molecular flexibility index (Phi) is 5.89. The Labute approximate surface area is 144 Å². The topological polar surface area (TPSA) is 56.3 Å². The van der Waals surface area contributed by atoms with Crippen LogP contribution in [-0.4, -0.2) is 41.2 Å². The Bertz CT molecular complexity index is 451. The van der Waals surface area contributed by atoms with Crippen molar-refractivity contribution in [1.29, 1.82) is 0 Å². The van der Waals surface area contributed by atoms with Gasteiger partial charge in [0.2, 0.25) is 0 Å². The van der Waals surface area contributed by atoms with E-state index in [-0.39, 0.29) is 24.0 Å². The first-order valence-electron chi connectivity index (χ1n) is 7.75. The minimum absolute atomic E-state index is 0. The largest absolute Gasteiger partial charge is 0.351 e. The molecule has 3 rings (SSSR count). The Morgan fingerprint density at radius 2 is 2.19 bits per heavy atom. The van der Waals surface area contributed by atoms with E-state index in [9.17, 15) is 0 Å². The third-order valence-electron chi connectivity index (χ3n) is 4.86. The SMILES string of the molecule is CN=C(NCc1ccn[nH]1)N1CCC2(CCCCC2)C1.I. The van der Waals surface area contributed by atoms with Crippen molar-refractivity contribution in [2.24, 2.45) is 10.4 Å². The molecule has 1 spiro atoms. The number of halogens is 1. The third-order valence-corrected chi connectivity index (χ3v) is 4.86. The molecule has 6 heteroatoms. The molecule has 1 aromatic heterocycles. The van der Waals surface area contributed by atoms with E-state index in [2.05, 4.69) is 25.4 Å². The molecule has 0 bridgehead atoms. The summed E-state index contributed by atoms with van der Waals surface area (Å²) in [5.41, 5.74) is 1.67. The van der Waals surface area contributed by atoms with Gasteiger partial charge >= 0.3 is 0 Å². The zero-order valence-electron chi connectivity index (χ0n) is 12.8. The van der Waals surface area contributed by atoms with Crippen molar-refractivity contribution in [3.63, 3.8) is 0 Å². The highest BCUT2D eigenvalue weighted by atomic mass is 127. The van der Waals surface area contributed by atoms with Gasteiger partial charge in [-0.15, -0.1) is 24.0 Å². The van der Waals surface area contributed by atoms with Crippen LogP contribution in [0.2, 0.25) is 0 Å². The lowest BCUT2D eigenvalue weighted by Gasteiger charge is -2.33. The molecule has 118 valence electrons. The number of likely N-dealkylation sites (tertiary alicyclic amines) is 1. The van der Waals surface area contributed by atoms with Gasteiger partial charge < -0.3 is 10.2 Å². The third kappa shape index (κ3) is 3.90. The minimum Gasteiger partial charge on any atom is -0.351 e. The summed E-state index contributed by atoms with van der Waals surface area (Å²) >= 11 is 0. The number of aromatic amines is 1. The molecule has 0 radical (unpaired) electrons. The maximum atomic E-state index is 4.44. The highest BCUT2D eigenvalue weighted by Gasteiger charge is 2.39. The lowest BCUT2D eigenvalue weighted by molar-refractivity contribution is 0.203. The summed E-state index contributed by atoms with van der Waals surface area (Å²) < 4.78 is 0. The number of nitrogens with one attached hydrogen (secondary N) is 2. The summed E-state index contributed by atoms with van der Waals surface area (Å²) in [6.45, 7) is 3.08. The maximum Gasteiger partial charge on any atom is 0.193 e. The van der Waals surface area contributed by atoms with Crippen LogP contribution in [0.15, 0.2) is 17.3 Å². The number of nitrogens with zero attached hydrogens (tertiary/aromatic N) is 3. The monoisotopic (exact) mass is 403 g/mol. The molecular weight excluding hydrogens is 377 g/mol. The van der Waals surface area contributed by atoms with Crippen molar-refractivity contribution in [2.75, 3.05) is 20.1 Å². The molecule has 2 N–H and O–H groups in total. The lowest BCUT2D eigenvalue weighted by atomic mass is 9.73. The van der Waals surface area contributed by atoms with Crippen molar-refractivity contribution in [1.82, 2.24) is 20.4 Å². The van der Waals surface area contributed by atoms with Crippen LogP contribution < -0.4 is 5.32 Å². The first-order valence-corrected chi connectivity index (χ1v) is 7.75. The summed E-state index contributed by atoms with van der Waals surface area (Å²) in [5, 5.41) is 10.4. The number of aromatic nitrogens is 2. The van der Waals surface area contributed by atoms with Gasteiger partial charge in [0, 0.05) is 26.3 Å². The van der Waals surface area contributed by atoms with E-state index in [1.165, 1.54) is 45.1 Å². The van der Waals surface area contributed by atoms with Gasteiger partial charge in [0.1, 0.15) is 0 Å². The molecule has 1 aliphatic heterocycles. The van der Waals surface area contributed by atoms with Gasteiger partial charge in [0.25, 0.3) is 0 Å². The number of rotatable bonds is 2. The zero-order valence-corrected chi connectivity index (χ0v) is 15.1. The highest BCUT2D eigenvalue weighted by molar-refractivity contribution is 14.0. The van der Waals surface area contributed by atoms with Crippen molar-refractivity contribution in [3.8, 4) is 0 Å². The molecule has 1 aromatic rings. The smallest absolute Gasteiger partial charge is 0.193 e. The van der Waals surface area contributed by atoms with E-state index in [4.69, 9.17) is 0 Å². The van der Waals surface area contributed by atoms with Crippen LogP contribution in [-0.2, 0) is 6.54 Å². The van der Waals surface area contributed by atoms with Gasteiger partial charge in [-0.2, -0.15) is 5.10 Å². The van der Waals surface area contributed by atoms with Gasteiger partial charge in [-0.05, 0) is 30.7 Å². The molecule has 0 unspecified atom stereocenters. The first kappa shape index (κ1) is 16.6. The summed E-state index contributed by atoms with van der Waals surface area (Å²) in [4.78, 5) is 6.88. The van der Waals surface area contributed by atoms with Gasteiger partial charge in [0.05, 0.1) is 12.2 Å². The first-order chi connectivity index (χ1) is 9.81. The van der Waals surface area contributed by atoms with Crippen LogP contribution in [0.5, 0.6) is 0 Å². The fourth-order valence-corrected chi connectivity index (χ4v) is 3.72. The molecule has 0 amide bonds. The molecule has 21 heavy (non-hydrogen) atoms. The van der Waals surface area contributed by atoms with E-state index in [1.54, 1.807) is 6.20 Å². The minimum atomic E-state index is 0. The molecule has 1 saturated heterocycles. The summed E-state index contributed by atoms with van der Waals surface area (Å²) in [7, 11) is 1.88. The number of guanidine groups is 1. The van der Waals surface area contributed by atoms with Gasteiger partial charge in [0.15, 0.2) is 5.96 Å². The maximum absolute atomic E-state index is 4.44. The zero-order chi connectivity index (χ0) is 13.8. The van der Waals surface area contributed by atoms with Crippen LogP contribution in [0, 0.1) is 5.41 Å². The van der Waals surface area contributed by atoms with E-state index in [0.717, 1.165) is 24.7 Å². The second-order valence-corrected chi connectivity index (χ2v) is 6.21. The second kappa shape index (κ2) is 7.47. The summed E-state index contributed by atoms with van der Waals surface area (Å²) in [5.74, 6) is 1.03. The molecular formula is C15H26IN5. The standard InChI is InChI=1S/C15H25N5.HI/c1-16-14(17-11-13-5-9-18-19-13)20-10-8-15(12-20)6-3-2-4-7-15;/h5,9H,2-4,6-8,10-12H2,1H3,(H,16,17)(H,18,19);1H. The van der Waals surface area contributed by atoms with Gasteiger partial charge in [-0.3, -0.25) is 10.1 Å². The molecule has 5 nitrogen and oxygen atoms in total. The van der Waals surface area contributed by atoms with E-state index in [0.29, 0.717) is 5.41 Å². The van der Waals surface area contributed by atoms with Crippen molar-refractivity contribution in [2.45, 2.75) is 45.1 Å².